The lowest BCUT2D eigenvalue weighted by molar-refractivity contribution is 0.169. The van der Waals surface area contributed by atoms with Gasteiger partial charge in [0.1, 0.15) is 6.26 Å². The monoisotopic (exact) mass is 393 g/mol. The van der Waals surface area contributed by atoms with E-state index in [4.69, 9.17) is 4.52 Å². The standard InChI is InChI=1S/C21H27N7O/c1-22-21(27-12-10-26(11-13-27)17-19-8-14-29-25-19)23-9-7-18-15-24-28(16-18)20-5-3-2-4-6-20/h2-6,8,14-16H,7,9-13,17H2,1H3,(H,22,23). The SMILES string of the molecule is CN=C(NCCc1cnn(-c2ccccc2)c1)N1CCN(Cc2ccon2)CC1. The molecule has 3 heterocycles. The van der Waals surface area contributed by atoms with Gasteiger partial charge in [-0.1, -0.05) is 23.4 Å². The molecule has 1 aliphatic heterocycles. The van der Waals surface area contributed by atoms with E-state index in [9.17, 15) is 0 Å². The molecule has 0 radical (unpaired) electrons. The molecular formula is C21H27N7O. The molecule has 0 amide bonds. The predicted octanol–water partition coefficient (Wildman–Crippen LogP) is 1.80. The Bertz CT molecular complexity index is 896. The number of rotatable bonds is 6. The third-order valence-corrected chi connectivity index (χ3v) is 5.11. The molecule has 0 saturated carbocycles. The van der Waals surface area contributed by atoms with Crippen molar-refractivity contribution < 1.29 is 4.52 Å². The fourth-order valence-corrected chi connectivity index (χ4v) is 3.53. The Balaban J connectivity index is 1.23. The van der Waals surface area contributed by atoms with Crippen molar-refractivity contribution in [2.75, 3.05) is 39.8 Å². The van der Waals surface area contributed by atoms with Gasteiger partial charge < -0.3 is 14.7 Å². The Morgan fingerprint density at radius 2 is 1.97 bits per heavy atom. The molecule has 1 N–H and O–H groups in total. The summed E-state index contributed by atoms with van der Waals surface area (Å²) < 4.78 is 6.83. The zero-order valence-electron chi connectivity index (χ0n) is 16.7. The van der Waals surface area contributed by atoms with Gasteiger partial charge in [0.2, 0.25) is 0 Å². The fourth-order valence-electron chi connectivity index (χ4n) is 3.53. The van der Waals surface area contributed by atoms with Crippen LogP contribution in [0.2, 0.25) is 0 Å². The summed E-state index contributed by atoms with van der Waals surface area (Å²) in [7, 11) is 1.84. The number of hydrogen-bond donors (Lipinski definition) is 1. The third kappa shape index (κ3) is 5.03. The summed E-state index contributed by atoms with van der Waals surface area (Å²) in [6.45, 7) is 5.52. The molecule has 29 heavy (non-hydrogen) atoms. The Hall–Kier alpha value is -3.13. The normalized spacial score (nSPS) is 15.6. The van der Waals surface area contributed by atoms with Crippen LogP contribution >= 0.6 is 0 Å². The first-order valence-corrected chi connectivity index (χ1v) is 9.98. The van der Waals surface area contributed by atoms with E-state index >= 15 is 0 Å². The van der Waals surface area contributed by atoms with E-state index in [2.05, 4.69) is 48.7 Å². The fraction of sp³-hybridized carbons (Fsp3) is 0.381. The van der Waals surface area contributed by atoms with Gasteiger partial charge in [0.05, 0.1) is 17.6 Å². The van der Waals surface area contributed by atoms with Crippen LogP contribution in [0.25, 0.3) is 5.69 Å². The minimum absolute atomic E-state index is 0.826. The van der Waals surface area contributed by atoms with E-state index in [0.717, 1.165) is 63.0 Å². The largest absolute Gasteiger partial charge is 0.364 e. The lowest BCUT2D eigenvalue weighted by atomic mass is 10.2. The van der Waals surface area contributed by atoms with Gasteiger partial charge in [0.15, 0.2) is 5.96 Å². The van der Waals surface area contributed by atoms with E-state index < -0.39 is 0 Å². The lowest BCUT2D eigenvalue weighted by Crippen LogP contribution is -2.52. The van der Waals surface area contributed by atoms with Crippen LogP contribution < -0.4 is 5.32 Å². The second kappa shape index (κ2) is 9.38. The van der Waals surface area contributed by atoms with Crippen LogP contribution in [-0.4, -0.2) is 70.5 Å². The minimum atomic E-state index is 0.826. The van der Waals surface area contributed by atoms with Gasteiger partial charge in [-0.25, -0.2) is 4.68 Å². The van der Waals surface area contributed by atoms with E-state index in [1.54, 1.807) is 6.26 Å². The zero-order chi connectivity index (χ0) is 19.9. The van der Waals surface area contributed by atoms with E-state index in [1.165, 1.54) is 5.56 Å². The topological polar surface area (TPSA) is 74.7 Å². The van der Waals surface area contributed by atoms with Crippen LogP contribution in [-0.2, 0) is 13.0 Å². The van der Waals surface area contributed by atoms with Crippen LogP contribution in [0.5, 0.6) is 0 Å². The molecule has 1 aliphatic rings. The van der Waals surface area contributed by atoms with Gasteiger partial charge in [0, 0.05) is 58.6 Å². The first-order chi connectivity index (χ1) is 14.3. The van der Waals surface area contributed by atoms with Crippen molar-refractivity contribution in [1.29, 1.82) is 0 Å². The molecule has 0 atom stereocenters. The third-order valence-electron chi connectivity index (χ3n) is 5.11. The quantitative estimate of drug-likeness (QED) is 0.508. The summed E-state index contributed by atoms with van der Waals surface area (Å²) in [6, 6.07) is 12.1. The van der Waals surface area contributed by atoms with Crippen molar-refractivity contribution in [1.82, 2.24) is 30.1 Å². The molecule has 8 nitrogen and oxygen atoms in total. The highest BCUT2D eigenvalue weighted by atomic mass is 16.5. The molecule has 1 saturated heterocycles. The average Bonchev–Trinajstić information content (AvgIpc) is 3.45. The minimum Gasteiger partial charge on any atom is -0.364 e. The first-order valence-electron chi connectivity index (χ1n) is 9.98. The van der Waals surface area contributed by atoms with Crippen molar-refractivity contribution in [3.8, 4) is 5.69 Å². The van der Waals surface area contributed by atoms with Gasteiger partial charge in [-0.05, 0) is 24.1 Å². The highest BCUT2D eigenvalue weighted by molar-refractivity contribution is 5.80. The van der Waals surface area contributed by atoms with Crippen LogP contribution in [0.1, 0.15) is 11.3 Å². The number of guanidine groups is 1. The maximum absolute atomic E-state index is 4.92. The molecule has 0 spiro atoms. The molecule has 0 unspecified atom stereocenters. The van der Waals surface area contributed by atoms with Crippen molar-refractivity contribution in [3.05, 3.63) is 66.3 Å². The number of aromatic nitrogens is 3. The van der Waals surface area contributed by atoms with Gasteiger partial charge in [-0.15, -0.1) is 0 Å². The average molecular weight is 393 g/mol. The van der Waals surface area contributed by atoms with Crippen LogP contribution in [0, 0.1) is 0 Å². The van der Waals surface area contributed by atoms with Gasteiger partial charge >= 0.3 is 0 Å². The Morgan fingerprint density at radius 1 is 1.14 bits per heavy atom. The van der Waals surface area contributed by atoms with Crippen LogP contribution in [0.15, 0.2) is 64.6 Å². The number of nitrogens with one attached hydrogen (secondary N) is 1. The molecule has 4 rings (SSSR count). The second-order valence-corrected chi connectivity index (χ2v) is 7.11. The lowest BCUT2D eigenvalue weighted by Gasteiger charge is -2.36. The molecule has 1 fully saturated rings. The molecule has 0 bridgehead atoms. The summed E-state index contributed by atoms with van der Waals surface area (Å²) in [5.74, 6) is 0.960. The van der Waals surface area contributed by atoms with Crippen molar-refractivity contribution in [2.45, 2.75) is 13.0 Å². The number of nitrogens with zero attached hydrogens (tertiary/aromatic N) is 6. The highest BCUT2D eigenvalue weighted by Crippen LogP contribution is 2.09. The maximum Gasteiger partial charge on any atom is 0.193 e. The number of benzene rings is 1. The van der Waals surface area contributed by atoms with Crippen molar-refractivity contribution in [3.63, 3.8) is 0 Å². The molecule has 8 heteroatoms. The Kier molecular flexibility index (Phi) is 6.21. The van der Waals surface area contributed by atoms with Crippen LogP contribution in [0.3, 0.4) is 0 Å². The zero-order valence-corrected chi connectivity index (χ0v) is 16.7. The van der Waals surface area contributed by atoms with Crippen molar-refractivity contribution in [2.24, 2.45) is 4.99 Å². The van der Waals surface area contributed by atoms with E-state index in [-0.39, 0.29) is 0 Å². The Morgan fingerprint density at radius 3 is 2.69 bits per heavy atom. The smallest absolute Gasteiger partial charge is 0.193 e. The maximum atomic E-state index is 4.92. The summed E-state index contributed by atoms with van der Waals surface area (Å²) in [5.41, 5.74) is 3.26. The summed E-state index contributed by atoms with van der Waals surface area (Å²) in [4.78, 5) is 9.16. The molecular weight excluding hydrogens is 366 g/mol. The molecule has 0 aliphatic carbocycles. The molecule has 2 aromatic heterocycles. The summed E-state index contributed by atoms with van der Waals surface area (Å²) in [6.07, 6.45) is 6.54. The van der Waals surface area contributed by atoms with Crippen molar-refractivity contribution >= 4 is 5.96 Å². The van der Waals surface area contributed by atoms with E-state index in [1.807, 2.05) is 42.2 Å². The number of aliphatic imine (C=N–C) groups is 1. The predicted molar refractivity (Wildman–Crippen MR) is 112 cm³/mol. The molecule has 3 aromatic rings. The number of para-hydroxylation sites is 1. The number of hydrogen-bond acceptors (Lipinski definition) is 5. The molecule has 152 valence electrons. The molecule has 1 aromatic carbocycles. The van der Waals surface area contributed by atoms with E-state index in [0.29, 0.717) is 0 Å². The van der Waals surface area contributed by atoms with Gasteiger partial charge in [-0.2, -0.15) is 5.10 Å². The summed E-state index contributed by atoms with van der Waals surface area (Å²) >= 11 is 0. The Labute approximate surface area is 170 Å². The van der Waals surface area contributed by atoms with Gasteiger partial charge in [0.25, 0.3) is 0 Å². The summed E-state index contributed by atoms with van der Waals surface area (Å²) in [5, 5.41) is 12.0. The number of piperazine rings is 1. The highest BCUT2D eigenvalue weighted by Gasteiger charge is 2.20. The van der Waals surface area contributed by atoms with Gasteiger partial charge in [-0.3, -0.25) is 9.89 Å². The second-order valence-electron chi connectivity index (χ2n) is 7.11. The van der Waals surface area contributed by atoms with Crippen LogP contribution in [0.4, 0.5) is 0 Å². The first kappa shape index (κ1) is 19.2.